The lowest BCUT2D eigenvalue weighted by Crippen LogP contribution is -2.37. The molecule has 1 radical (unpaired) electrons. The molecular weight excluding hydrogens is 145 g/mol. The Labute approximate surface area is 67.0 Å². The normalized spacial score (nSPS) is 27.3. The molecule has 0 N–H and O–H groups in total. The highest BCUT2D eigenvalue weighted by Gasteiger charge is 2.17. The smallest absolute Gasteiger partial charge is 0.113 e. The van der Waals surface area contributed by atoms with Crippen LogP contribution in [-0.4, -0.2) is 37.3 Å². The summed E-state index contributed by atoms with van der Waals surface area (Å²) in [5.41, 5.74) is 0. The minimum atomic E-state index is -0.657. The van der Waals surface area contributed by atoms with E-state index in [-0.39, 0.29) is 6.61 Å². The lowest BCUT2D eigenvalue weighted by molar-refractivity contribution is 0.117. The van der Waals surface area contributed by atoms with E-state index in [1.54, 1.807) is 0 Å². The van der Waals surface area contributed by atoms with Gasteiger partial charge in [0.25, 0.3) is 0 Å². The zero-order chi connectivity index (χ0) is 8.10. The number of likely N-dealkylation sites (tertiary alicyclic amines) is 1. The monoisotopic (exact) mass is 160 g/mol. The largest absolute Gasteiger partial charge is 0.300 e. The first-order valence-electron chi connectivity index (χ1n) is 4.27. The van der Waals surface area contributed by atoms with Crippen LogP contribution in [0.2, 0.25) is 0 Å². The second-order valence-electron chi connectivity index (χ2n) is 3.10. The molecule has 1 aliphatic heterocycles. The summed E-state index contributed by atoms with van der Waals surface area (Å²) in [7, 11) is 0. The first-order valence-corrected chi connectivity index (χ1v) is 4.27. The van der Waals surface area contributed by atoms with Gasteiger partial charge in [-0.2, -0.15) is 0 Å². The SMILES string of the molecule is [O]CCCN1CCCC(F)C1. The van der Waals surface area contributed by atoms with Gasteiger partial charge < -0.3 is 4.90 Å². The van der Waals surface area contributed by atoms with Crippen molar-refractivity contribution in [3.05, 3.63) is 0 Å². The molecule has 1 unspecified atom stereocenters. The van der Waals surface area contributed by atoms with E-state index < -0.39 is 6.17 Å². The Balaban J connectivity index is 2.12. The molecule has 1 rings (SSSR count). The Bertz CT molecular complexity index is 110. The number of hydrogen-bond acceptors (Lipinski definition) is 1. The predicted molar refractivity (Wildman–Crippen MR) is 40.7 cm³/mol. The van der Waals surface area contributed by atoms with Gasteiger partial charge in [0.05, 0.1) is 6.61 Å². The number of rotatable bonds is 3. The van der Waals surface area contributed by atoms with Gasteiger partial charge in [-0.1, -0.05) is 0 Å². The molecule has 1 atom stereocenters. The number of nitrogens with zero attached hydrogens (tertiary/aromatic N) is 1. The highest BCUT2D eigenvalue weighted by Crippen LogP contribution is 2.12. The Morgan fingerprint density at radius 3 is 3.00 bits per heavy atom. The molecule has 1 heterocycles. The van der Waals surface area contributed by atoms with Crippen LogP contribution < -0.4 is 0 Å². The Hall–Kier alpha value is -0.150. The van der Waals surface area contributed by atoms with Crippen molar-refractivity contribution < 1.29 is 9.50 Å². The van der Waals surface area contributed by atoms with E-state index in [9.17, 15) is 9.50 Å². The van der Waals surface area contributed by atoms with Gasteiger partial charge in [0, 0.05) is 13.1 Å². The number of hydrogen-bond donors (Lipinski definition) is 0. The standard InChI is InChI=1S/C8H15FNO/c9-8-3-1-4-10(7-8)5-2-6-11/h8H,1-7H2. The lowest BCUT2D eigenvalue weighted by Gasteiger charge is -2.28. The summed E-state index contributed by atoms with van der Waals surface area (Å²) in [4.78, 5) is 2.05. The Kier molecular flexibility index (Phi) is 3.80. The van der Waals surface area contributed by atoms with Crippen molar-refractivity contribution in [1.29, 1.82) is 0 Å². The van der Waals surface area contributed by atoms with Gasteiger partial charge in [-0.15, -0.1) is 0 Å². The average Bonchev–Trinajstić information content (AvgIpc) is 2.01. The van der Waals surface area contributed by atoms with Crippen molar-refractivity contribution in [2.75, 3.05) is 26.2 Å². The fourth-order valence-electron chi connectivity index (χ4n) is 1.49. The molecular formula is C8H15FNO. The predicted octanol–water partition coefficient (Wildman–Crippen LogP) is 1.24. The number of halogens is 1. The van der Waals surface area contributed by atoms with E-state index in [4.69, 9.17) is 0 Å². The van der Waals surface area contributed by atoms with Gasteiger partial charge in [-0.25, -0.2) is 9.50 Å². The summed E-state index contributed by atoms with van der Waals surface area (Å²) >= 11 is 0. The van der Waals surface area contributed by atoms with Crippen LogP contribution in [-0.2, 0) is 5.11 Å². The molecule has 11 heavy (non-hydrogen) atoms. The third-order valence-corrected chi connectivity index (χ3v) is 2.07. The van der Waals surface area contributed by atoms with Gasteiger partial charge in [-0.05, 0) is 25.8 Å². The van der Waals surface area contributed by atoms with Crippen LogP contribution in [0, 0.1) is 0 Å². The van der Waals surface area contributed by atoms with Crippen LogP contribution in [0.5, 0.6) is 0 Å². The highest BCUT2D eigenvalue weighted by atomic mass is 19.1. The fraction of sp³-hybridized carbons (Fsp3) is 1.00. The maximum Gasteiger partial charge on any atom is 0.113 e. The third kappa shape index (κ3) is 3.16. The topological polar surface area (TPSA) is 23.1 Å². The van der Waals surface area contributed by atoms with E-state index in [0.717, 1.165) is 19.5 Å². The molecule has 0 spiro atoms. The molecule has 0 aromatic carbocycles. The van der Waals surface area contributed by atoms with E-state index in [1.807, 2.05) is 4.90 Å². The van der Waals surface area contributed by atoms with Crippen LogP contribution in [0.1, 0.15) is 19.3 Å². The summed E-state index contributed by atoms with van der Waals surface area (Å²) in [5.74, 6) is 0. The van der Waals surface area contributed by atoms with Crippen LogP contribution in [0.25, 0.3) is 0 Å². The van der Waals surface area contributed by atoms with Crippen molar-refractivity contribution in [3.63, 3.8) is 0 Å². The zero-order valence-corrected chi connectivity index (χ0v) is 6.76. The van der Waals surface area contributed by atoms with E-state index >= 15 is 0 Å². The molecule has 1 fully saturated rings. The zero-order valence-electron chi connectivity index (χ0n) is 6.76. The summed E-state index contributed by atoms with van der Waals surface area (Å²) in [5, 5.41) is 10.1. The van der Waals surface area contributed by atoms with Gasteiger partial charge in [0.2, 0.25) is 0 Å². The van der Waals surface area contributed by atoms with Gasteiger partial charge >= 0.3 is 0 Å². The van der Waals surface area contributed by atoms with Crippen LogP contribution >= 0.6 is 0 Å². The molecule has 0 aliphatic carbocycles. The second kappa shape index (κ2) is 4.67. The molecule has 65 valence electrons. The van der Waals surface area contributed by atoms with Crippen molar-refractivity contribution in [2.24, 2.45) is 0 Å². The number of alkyl halides is 1. The molecule has 1 saturated heterocycles. The summed E-state index contributed by atoms with van der Waals surface area (Å²) in [6.45, 7) is 2.26. The molecule has 2 nitrogen and oxygen atoms in total. The van der Waals surface area contributed by atoms with Crippen molar-refractivity contribution in [1.82, 2.24) is 4.90 Å². The van der Waals surface area contributed by atoms with Crippen LogP contribution in [0.15, 0.2) is 0 Å². The van der Waals surface area contributed by atoms with Crippen LogP contribution in [0.4, 0.5) is 4.39 Å². The lowest BCUT2D eigenvalue weighted by atomic mass is 10.1. The second-order valence-corrected chi connectivity index (χ2v) is 3.10. The summed E-state index contributed by atoms with van der Waals surface area (Å²) in [6, 6.07) is 0. The minimum Gasteiger partial charge on any atom is -0.300 e. The van der Waals surface area contributed by atoms with Crippen LogP contribution in [0.3, 0.4) is 0 Å². The minimum absolute atomic E-state index is 0.0343. The molecule has 0 amide bonds. The van der Waals surface area contributed by atoms with Crippen molar-refractivity contribution >= 4 is 0 Å². The first kappa shape index (κ1) is 8.94. The Morgan fingerprint density at radius 1 is 1.55 bits per heavy atom. The maximum absolute atomic E-state index is 12.7. The first-order chi connectivity index (χ1) is 5.33. The average molecular weight is 160 g/mol. The molecule has 0 saturated carbocycles. The van der Waals surface area contributed by atoms with Crippen molar-refractivity contribution in [2.45, 2.75) is 25.4 Å². The van der Waals surface area contributed by atoms with E-state index in [1.165, 1.54) is 0 Å². The van der Waals surface area contributed by atoms with Gasteiger partial charge in [0.15, 0.2) is 0 Å². The molecule has 0 bridgehead atoms. The van der Waals surface area contributed by atoms with Gasteiger partial charge in [0.1, 0.15) is 6.17 Å². The highest BCUT2D eigenvalue weighted by molar-refractivity contribution is 4.71. The molecule has 0 aromatic heterocycles. The fourth-order valence-corrected chi connectivity index (χ4v) is 1.49. The van der Waals surface area contributed by atoms with E-state index in [2.05, 4.69) is 0 Å². The summed E-state index contributed by atoms with van der Waals surface area (Å²) in [6.07, 6.45) is 1.65. The number of piperidine rings is 1. The van der Waals surface area contributed by atoms with Crippen molar-refractivity contribution in [3.8, 4) is 0 Å². The van der Waals surface area contributed by atoms with E-state index in [0.29, 0.717) is 19.4 Å². The summed E-state index contributed by atoms with van der Waals surface area (Å²) < 4.78 is 12.7. The Morgan fingerprint density at radius 2 is 2.36 bits per heavy atom. The third-order valence-electron chi connectivity index (χ3n) is 2.07. The molecule has 3 heteroatoms. The maximum atomic E-state index is 12.7. The molecule has 1 aliphatic rings. The molecule has 0 aromatic rings. The quantitative estimate of drug-likeness (QED) is 0.609. The van der Waals surface area contributed by atoms with Gasteiger partial charge in [-0.3, -0.25) is 0 Å².